The van der Waals surface area contributed by atoms with Crippen LogP contribution in [0, 0.1) is 11.6 Å². The summed E-state index contributed by atoms with van der Waals surface area (Å²) in [5.74, 6) is -4.21. The summed E-state index contributed by atoms with van der Waals surface area (Å²) in [6.45, 7) is -1.05. The highest BCUT2D eigenvalue weighted by molar-refractivity contribution is 5.98. The largest absolute Gasteiger partial charge is 0.456 e. The number of halogens is 2. The highest BCUT2D eigenvalue weighted by Crippen LogP contribution is 2.09. The van der Waals surface area contributed by atoms with Gasteiger partial charge in [0.25, 0.3) is 5.91 Å². The number of Topliss-reactive ketones (excluding diaryl/α,β-unsaturated/α-hetero) is 1. The van der Waals surface area contributed by atoms with Crippen molar-refractivity contribution >= 4 is 17.7 Å². The molecule has 0 unspecified atom stereocenters. The van der Waals surface area contributed by atoms with E-state index in [1.54, 1.807) is 30.3 Å². The zero-order valence-electron chi connectivity index (χ0n) is 12.4. The molecule has 0 aromatic heterocycles. The summed E-state index contributed by atoms with van der Waals surface area (Å²) in [6, 6.07) is 10.9. The van der Waals surface area contributed by atoms with E-state index in [2.05, 4.69) is 5.32 Å². The van der Waals surface area contributed by atoms with Crippen molar-refractivity contribution in [2.24, 2.45) is 0 Å². The van der Waals surface area contributed by atoms with E-state index in [-0.39, 0.29) is 5.56 Å². The van der Waals surface area contributed by atoms with Gasteiger partial charge in [0.05, 0.1) is 0 Å². The summed E-state index contributed by atoms with van der Waals surface area (Å²) >= 11 is 0. The Morgan fingerprint density at radius 2 is 1.62 bits per heavy atom. The second kappa shape index (κ2) is 7.96. The van der Waals surface area contributed by atoms with E-state index in [1.807, 2.05) is 0 Å². The van der Waals surface area contributed by atoms with Gasteiger partial charge in [-0.15, -0.1) is 0 Å². The molecule has 2 aromatic rings. The third-order valence-electron chi connectivity index (χ3n) is 3.04. The molecule has 0 fully saturated rings. The van der Waals surface area contributed by atoms with Gasteiger partial charge < -0.3 is 10.1 Å². The van der Waals surface area contributed by atoms with E-state index in [0.717, 1.165) is 18.2 Å². The fourth-order valence-corrected chi connectivity index (χ4v) is 1.79. The number of amides is 1. The van der Waals surface area contributed by atoms with E-state index in [9.17, 15) is 23.2 Å². The zero-order valence-corrected chi connectivity index (χ0v) is 12.4. The molecule has 1 amide bonds. The standard InChI is InChI=1S/C17H13F2NO4/c18-13-7-6-12(8-14(13)19)15(21)10-24-16(22)9-20-17(23)11-4-2-1-3-5-11/h1-8H,9-10H2,(H,20,23). The average molecular weight is 333 g/mol. The third kappa shape index (κ3) is 4.70. The summed E-state index contributed by atoms with van der Waals surface area (Å²) in [4.78, 5) is 34.9. The van der Waals surface area contributed by atoms with Gasteiger partial charge in [0, 0.05) is 11.1 Å². The molecule has 0 aliphatic carbocycles. The van der Waals surface area contributed by atoms with Crippen molar-refractivity contribution < 1.29 is 27.9 Å². The number of rotatable bonds is 6. The minimum atomic E-state index is -1.16. The molecule has 24 heavy (non-hydrogen) atoms. The third-order valence-corrected chi connectivity index (χ3v) is 3.04. The molecule has 0 aliphatic heterocycles. The van der Waals surface area contributed by atoms with E-state index < -0.39 is 42.4 Å². The maximum atomic E-state index is 13.0. The number of benzene rings is 2. The lowest BCUT2D eigenvalue weighted by molar-refractivity contribution is -0.141. The Morgan fingerprint density at radius 3 is 2.29 bits per heavy atom. The minimum Gasteiger partial charge on any atom is -0.456 e. The average Bonchev–Trinajstić information content (AvgIpc) is 2.60. The van der Waals surface area contributed by atoms with Crippen LogP contribution < -0.4 is 5.32 Å². The fraction of sp³-hybridized carbons (Fsp3) is 0.118. The van der Waals surface area contributed by atoms with Crippen LogP contribution in [0.25, 0.3) is 0 Å². The van der Waals surface area contributed by atoms with Crippen molar-refractivity contribution in [2.75, 3.05) is 13.2 Å². The van der Waals surface area contributed by atoms with Gasteiger partial charge in [-0.05, 0) is 30.3 Å². The number of carbonyl (C=O) groups is 3. The molecule has 0 saturated heterocycles. The molecule has 0 aliphatic rings. The molecule has 0 bridgehead atoms. The van der Waals surface area contributed by atoms with Crippen LogP contribution in [0.3, 0.4) is 0 Å². The van der Waals surface area contributed by atoms with Gasteiger partial charge in [-0.25, -0.2) is 8.78 Å². The lowest BCUT2D eigenvalue weighted by Crippen LogP contribution is -2.31. The van der Waals surface area contributed by atoms with Crippen LogP contribution in [0.4, 0.5) is 8.78 Å². The predicted molar refractivity (Wildman–Crippen MR) is 80.4 cm³/mol. The van der Waals surface area contributed by atoms with Crippen LogP contribution in [-0.4, -0.2) is 30.8 Å². The number of ketones is 1. The lowest BCUT2D eigenvalue weighted by atomic mass is 10.1. The quantitative estimate of drug-likeness (QED) is 0.649. The Hall–Kier alpha value is -3.09. The molecule has 0 saturated carbocycles. The maximum Gasteiger partial charge on any atom is 0.325 e. The first kappa shape index (κ1) is 17.3. The Morgan fingerprint density at radius 1 is 0.917 bits per heavy atom. The Bertz CT molecular complexity index is 762. The second-order valence-corrected chi connectivity index (χ2v) is 4.76. The van der Waals surface area contributed by atoms with E-state index in [0.29, 0.717) is 5.56 Å². The smallest absolute Gasteiger partial charge is 0.325 e. The molecule has 0 spiro atoms. The van der Waals surface area contributed by atoms with Crippen molar-refractivity contribution in [3.63, 3.8) is 0 Å². The maximum absolute atomic E-state index is 13.0. The number of esters is 1. The molecule has 2 rings (SSSR count). The molecular weight excluding hydrogens is 320 g/mol. The van der Waals surface area contributed by atoms with Crippen molar-refractivity contribution in [2.45, 2.75) is 0 Å². The van der Waals surface area contributed by atoms with E-state index in [4.69, 9.17) is 4.74 Å². The SMILES string of the molecule is O=C(CNC(=O)c1ccccc1)OCC(=O)c1ccc(F)c(F)c1. The topological polar surface area (TPSA) is 72.5 Å². The summed E-state index contributed by atoms with van der Waals surface area (Å²) in [7, 11) is 0. The summed E-state index contributed by atoms with van der Waals surface area (Å²) in [5, 5.41) is 2.34. The molecule has 2 aromatic carbocycles. The molecule has 7 heteroatoms. The van der Waals surface area contributed by atoms with Gasteiger partial charge >= 0.3 is 5.97 Å². The summed E-state index contributed by atoms with van der Waals surface area (Å²) in [5.41, 5.74) is 0.262. The van der Waals surface area contributed by atoms with Crippen molar-refractivity contribution in [3.8, 4) is 0 Å². The normalized spacial score (nSPS) is 10.1. The lowest BCUT2D eigenvalue weighted by Gasteiger charge is -2.06. The molecule has 0 atom stereocenters. The van der Waals surface area contributed by atoms with Gasteiger partial charge in [-0.3, -0.25) is 14.4 Å². The number of nitrogens with one attached hydrogen (secondary N) is 1. The Labute approximate surface area is 136 Å². The Balaban J connectivity index is 1.79. The van der Waals surface area contributed by atoms with Crippen LogP contribution in [-0.2, 0) is 9.53 Å². The van der Waals surface area contributed by atoms with Crippen LogP contribution >= 0.6 is 0 Å². The van der Waals surface area contributed by atoms with Gasteiger partial charge in [-0.1, -0.05) is 18.2 Å². The number of ether oxygens (including phenoxy) is 1. The first-order valence-electron chi connectivity index (χ1n) is 6.94. The second-order valence-electron chi connectivity index (χ2n) is 4.76. The molecule has 124 valence electrons. The van der Waals surface area contributed by atoms with E-state index in [1.165, 1.54) is 0 Å². The van der Waals surface area contributed by atoms with Crippen LogP contribution in [0.5, 0.6) is 0 Å². The van der Waals surface area contributed by atoms with E-state index >= 15 is 0 Å². The molecular formula is C17H13F2NO4. The Kier molecular flexibility index (Phi) is 5.73. The predicted octanol–water partition coefficient (Wildman–Crippen LogP) is 2.12. The van der Waals surface area contributed by atoms with Gasteiger partial charge in [0.2, 0.25) is 0 Å². The van der Waals surface area contributed by atoms with Crippen molar-refractivity contribution in [3.05, 3.63) is 71.3 Å². The highest BCUT2D eigenvalue weighted by Gasteiger charge is 2.13. The van der Waals surface area contributed by atoms with Crippen LogP contribution in [0.1, 0.15) is 20.7 Å². The molecule has 0 radical (unpaired) electrons. The number of hydrogen-bond donors (Lipinski definition) is 1. The summed E-state index contributed by atoms with van der Waals surface area (Å²) < 4.78 is 30.5. The first-order valence-corrected chi connectivity index (χ1v) is 6.94. The highest BCUT2D eigenvalue weighted by atomic mass is 19.2. The number of carbonyl (C=O) groups excluding carboxylic acids is 3. The molecule has 0 heterocycles. The monoisotopic (exact) mass is 333 g/mol. The zero-order chi connectivity index (χ0) is 17.5. The summed E-state index contributed by atoms with van der Waals surface area (Å²) in [6.07, 6.45) is 0. The van der Waals surface area contributed by atoms with Crippen molar-refractivity contribution in [1.82, 2.24) is 5.32 Å². The minimum absolute atomic E-state index is 0.116. The van der Waals surface area contributed by atoms with Crippen molar-refractivity contribution in [1.29, 1.82) is 0 Å². The van der Waals surface area contributed by atoms with Crippen LogP contribution in [0.2, 0.25) is 0 Å². The van der Waals surface area contributed by atoms with Gasteiger partial charge in [0.15, 0.2) is 24.0 Å². The van der Waals surface area contributed by atoms with Gasteiger partial charge in [0.1, 0.15) is 6.54 Å². The number of hydrogen-bond acceptors (Lipinski definition) is 4. The van der Waals surface area contributed by atoms with Gasteiger partial charge in [-0.2, -0.15) is 0 Å². The molecule has 1 N–H and O–H groups in total. The van der Waals surface area contributed by atoms with Crippen LogP contribution in [0.15, 0.2) is 48.5 Å². The molecule has 5 nitrogen and oxygen atoms in total. The first-order chi connectivity index (χ1) is 11.5. The fourth-order valence-electron chi connectivity index (χ4n) is 1.79.